The Morgan fingerprint density at radius 2 is 2.00 bits per heavy atom. The number of carbonyl (C=O) groups excluding carboxylic acids is 1. The lowest BCUT2D eigenvalue weighted by atomic mass is 10.2. The van der Waals surface area contributed by atoms with Gasteiger partial charge in [0.1, 0.15) is 0 Å². The third-order valence-electron chi connectivity index (χ3n) is 3.57. The highest BCUT2D eigenvalue weighted by atomic mass is 32.2. The third-order valence-corrected chi connectivity index (χ3v) is 5.39. The average molecular weight is 366 g/mol. The van der Waals surface area contributed by atoms with Crippen LogP contribution in [-0.2, 0) is 21.3 Å². The fourth-order valence-corrected chi connectivity index (χ4v) is 3.40. The van der Waals surface area contributed by atoms with E-state index in [0.29, 0.717) is 17.9 Å². The molecule has 0 bridgehead atoms. The number of aromatic nitrogens is 2. The molecule has 0 unspecified atom stereocenters. The zero-order valence-electron chi connectivity index (χ0n) is 14.4. The maximum Gasteiger partial charge on any atom is 0.251 e. The van der Waals surface area contributed by atoms with Gasteiger partial charge in [-0.3, -0.25) is 9.89 Å². The first kappa shape index (κ1) is 19.1. The number of sulfonamides is 1. The fraction of sp³-hybridized carbons (Fsp3) is 0.375. The van der Waals surface area contributed by atoms with E-state index in [9.17, 15) is 13.2 Å². The van der Waals surface area contributed by atoms with Gasteiger partial charge in [0.05, 0.1) is 23.7 Å². The Morgan fingerprint density at radius 1 is 1.32 bits per heavy atom. The Bertz CT molecular complexity index is 788. The van der Waals surface area contributed by atoms with Crippen molar-refractivity contribution in [3.8, 4) is 0 Å². The van der Waals surface area contributed by atoms with Crippen LogP contribution in [0.4, 0.5) is 0 Å². The second kappa shape index (κ2) is 8.24. The van der Waals surface area contributed by atoms with Crippen LogP contribution in [0.25, 0.3) is 0 Å². The first-order valence-electron chi connectivity index (χ1n) is 7.69. The molecule has 0 saturated carbocycles. The molecule has 1 heterocycles. The summed E-state index contributed by atoms with van der Waals surface area (Å²) in [6.07, 6.45) is 1.56. The minimum absolute atomic E-state index is 0.121. The van der Waals surface area contributed by atoms with E-state index in [-0.39, 0.29) is 23.4 Å². The quantitative estimate of drug-likeness (QED) is 0.725. The number of aromatic amines is 1. The summed E-state index contributed by atoms with van der Waals surface area (Å²) < 4.78 is 31.3. The molecule has 0 aliphatic heterocycles. The van der Waals surface area contributed by atoms with Crippen LogP contribution >= 0.6 is 0 Å². The number of carbonyl (C=O) groups is 1. The number of methoxy groups -OCH3 is 1. The van der Waals surface area contributed by atoms with Gasteiger partial charge >= 0.3 is 0 Å². The van der Waals surface area contributed by atoms with Crippen molar-refractivity contribution in [3.63, 3.8) is 0 Å². The van der Waals surface area contributed by atoms with E-state index in [4.69, 9.17) is 4.74 Å². The molecule has 9 heteroatoms. The monoisotopic (exact) mass is 366 g/mol. The van der Waals surface area contributed by atoms with Crippen LogP contribution in [-0.4, -0.2) is 55.6 Å². The number of ether oxygens (including phenoxy) is 1. The van der Waals surface area contributed by atoms with Crippen LogP contribution in [0.2, 0.25) is 0 Å². The second-order valence-corrected chi connectivity index (χ2v) is 7.74. The van der Waals surface area contributed by atoms with Crippen LogP contribution in [0.5, 0.6) is 0 Å². The molecule has 1 aromatic heterocycles. The first-order valence-corrected chi connectivity index (χ1v) is 9.13. The van der Waals surface area contributed by atoms with Crippen LogP contribution in [0, 0.1) is 0 Å². The maximum absolute atomic E-state index is 12.6. The first-order chi connectivity index (χ1) is 11.8. The number of amides is 1. The van der Waals surface area contributed by atoms with Crippen molar-refractivity contribution in [2.75, 3.05) is 20.8 Å². The SMILES string of the molecule is COC[C@H](C)NC(=O)c1ccc(S(=O)(=O)N(C)Cc2ccn[nH]2)cc1. The number of nitrogens with zero attached hydrogens (tertiary/aromatic N) is 2. The van der Waals surface area contributed by atoms with Crippen LogP contribution < -0.4 is 5.32 Å². The summed E-state index contributed by atoms with van der Waals surface area (Å²) in [7, 11) is -0.608. The van der Waals surface area contributed by atoms with Crippen molar-refractivity contribution in [3.05, 3.63) is 47.8 Å². The highest BCUT2D eigenvalue weighted by Crippen LogP contribution is 2.17. The smallest absolute Gasteiger partial charge is 0.251 e. The van der Waals surface area contributed by atoms with Crippen molar-refractivity contribution in [1.82, 2.24) is 19.8 Å². The van der Waals surface area contributed by atoms with Crippen molar-refractivity contribution >= 4 is 15.9 Å². The van der Waals surface area contributed by atoms with E-state index in [1.54, 1.807) is 19.4 Å². The zero-order valence-corrected chi connectivity index (χ0v) is 15.2. The Balaban J connectivity index is 2.08. The lowest BCUT2D eigenvalue weighted by molar-refractivity contribution is 0.0905. The molecule has 0 fully saturated rings. The van der Waals surface area contributed by atoms with Crippen molar-refractivity contribution in [2.45, 2.75) is 24.4 Å². The normalized spacial score (nSPS) is 13.0. The summed E-state index contributed by atoms with van der Waals surface area (Å²) in [5.41, 5.74) is 1.08. The number of H-pyrrole nitrogens is 1. The van der Waals surface area contributed by atoms with E-state index in [1.807, 2.05) is 6.92 Å². The predicted molar refractivity (Wildman–Crippen MR) is 92.5 cm³/mol. The molecule has 1 aromatic carbocycles. The molecule has 1 atom stereocenters. The zero-order chi connectivity index (χ0) is 18.4. The van der Waals surface area contributed by atoms with Gasteiger partial charge in [0, 0.05) is 32.0 Å². The lowest BCUT2D eigenvalue weighted by Gasteiger charge is -2.17. The molecule has 0 aliphatic rings. The summed E-state index contributed by atoms with van der Waals surface area (Å²) in [6, 6.07) is 7.41. The molecule has 25 heavy (non-hydrogen) atoms. The van der Waals surface area contributed by atoms with Gasteiger partial charge < -0.3 is 10.1 Å². The van der Waals surface area contributed by atoms with Crippen LogP contribution in [0.15, 0.2) is 41.4 Å². The highest BCUT2D eigenvalue weighted by Gasteiger charge is 2.21. The van der Waals surface area contributed by atoms with Crippen molar-refractivity contribution < 1.29 is 17.9 Å². The van der Waals surface area contributed by atoms with Gasteiger partial charge in [-0.15, -0.1) is 0 Å². The molecule has 2 aromatic rings. The van der Waals surface area contributed by atoms with Gasteiger partial charge in [0.15, 0.2) is 0 Å². The Hall–Kier alpha value is -2.23. The van der Waals surface area contributed by atoms with Gasteiger partial charge in [-0.1, -0.05) is 0 Å². The number of hydrogen-bond donors (Lipinski definition) is 2. The Kier molecular flexibility index (Phi) is 6.29. The van der Waals surface area contributed by atoms with Crippen LogP contribution in [0.3, 0.4) is 0 Å². The van der Waals surface area contributed by atoms with Crippen LogP contribution in [0.1, 0.15) is 23.0 Å². The highest BCUT2D eigenvalue weighted by molar-refractivity contribution is 7.89. The third kappa shape index (κ3) is 4.88. The van der Waals surface area contributed by atoms with Gasteiger partial charge in [0.2, 0.25) is 10.0 Å². The number of rotatable bonds is 8. The molecule has 8 nitrogen and oxygen atoms in total. The van der Waals surface area contributed by atoms with Crippen molar-refractivity contribution in [2.24, 2.45) is 0 Å². The molecule has 0 spiro atoms. The molecule has 1 amide bonds. The minimum atomic E-state index is -3.66. The lowest BCUT2D eigenvalue weighted by Crippen LogP contribution is -2.35. The maximum atomic E-state index is 12.6. The minimum Gasteiger partial charge on any atom is -0.383 e. The Morgan fingerprint density at radius 3 is 2.56 bits per heavy atom. The van der Waals surface area contributed by atoms with E-state index >= 15 is 0 Å². The second-order valence-electron chi connectivity index (χ2n) is 5.70. The molecule has 2 N–H and O–H groups in total. The van der Waals surface area contributed by atoms with E-state index in [2.05, 4.69) is 15.5 Å². The van der Waals surface area contributed by atoms with Gasteiger partial charge in [-0.25, -0.2) is 8.42 Å². The summed E-state index contributed by atoms with van der Waals surface area (Å²) >= 11 is 0. The number of benzene rings is 1. The van der Waals surface area contributed by atoms with Gasteiger partial charge in [0.25, 0.3) is 5.91 Å². The van der Waals surface area contributed by atoms with E-state index < -0.39 is 10.0 Å². The molecular formula is C16H22N4O4S. The summed E-state index contributed by atoms with van der Waals surface area (Å²) in [5, 5.41) is 9.30. The van der Waals surface area contributed by atoms with E-state index in [1.165, 1.54) is 35.6 Å². The van der Waals surface area contributed by atoms with E-state index in [0.717, 1.165) is 0 Å². The topological polar surface area (TPSA) is 104 Å². The molecule has 136 valence electrons. The summed E-state index contributed by atoms with van der Waals surface area (Å²) in [4.78, 5) is 12.2. The molecule has 0 saturated heterocycles. The Labute approximate surface area is 147 Å². The predicted octanol–water partition coefficient (Wildman–Crippen LogP) is 0.995. The van der Waals surface area contributed by atoms with Crippen molar-refractivity contribution in [1.29, 1.82) is 0 Å². The molecule has 0 radical (unpaired) electrons. The largest absolute Gasteiger partial charge is 0.383 e. The number of nitrogens with one attached hydrogen (secondary N) is 2. The fourth-order valence-electron chi connectivity index (χ4n) is 2.25. The summed E-state index contributed by atoms with van der Waals surface area (Å²) in [5.74, 6) is -0.278. The number of hydrogen-bond acceptors (Lipinski definition) is 5. The standard InChI is InChI=1S/C16H22N4O4S/c1-12(11-24-3)18-16(21)13-4-6-15(7-5-13)25(22,23)20(2)10-14-8-9-17-19-14/h4-9,12H,10-11H2,1-3H3,(H,17,19)(H,18,21)/t12-/m0/s1. The van der Waals surface area contributed by atoms with Gasteiger partial charge in [-0.05, 0) is 37.3 Å². The molecule has 2 rings (SSSR count). The molecular weight excluding hydrogens is 344 g/mol. The van der Waals surface area contributed by atoms with Gasteiger partial charge in [-0.2, -0.15) is 9.40 Å². The summed E-state index contributed by atoms with van der Waals surface area (Å²) in [6.45, 7) is 2.40. The molecule has 0 aliphatic carbocycles. The average Bonchev–Trinajstić information content (AvgIpc) is 3.08.